The smallest absolute Gasteiger partial charge is 0.336 e. The quantitative estimate of drug-likeness (QED) is 0.626. The topological polar surface area (TPSA) is 46.6 Å². The molecule has 0 N–H and O–H groups in total. The molecule has 0 saturated heterocycles. The van der Waals surface area contributed by atoms with Gasteiger partial charge in [0.2, 0.25) is 5.91 Å². The van der Waals surface area contributed by atoms with Gasteiger partial charge >= 0.3 is 5.97 Å². The largest absolute Gasteiger partial charge is 0.456 e. The molecule has 2 heterocycles. The molecule has 1 atom stereocenters. The van der Waals surface area contributed by atoms with Crippen LogP contribution in [0.5, 0.6) is 0 Å². The van der Waals surface area contributed by atoms with Crippen molar-refractivity contribution in [2.24, 2.45) is 0 Å². The predicted octanol–water partition coefficient (Wildman–Crippen LogP) is 4.48. The highest BCUT2D eigenvalue weighted by Gasteiger charge is 2.43. The molecule has 3 aromatic carbocycles. The molecule has 0 bridgehead atoms. The van der Waals surface area contributed by atoms with E-state index in [9.17, 15) is 9.59 Å². The van der Waals surface area contributed by atoms with E-state index in [0.717, 1.165) is 27.6 Å². The van der Waals surface area contributed by atoms with E-state index < -0.39 is 0 Å². The maximum atomic E-state index is 13.2. The summed E-state index contributed by atoms with van der Waals surface area (Å²) in [6.07, 6.45) is 0.246. The molecule has 0 saturated carbocycles. The van der Waals surface area contributed by atoms with Gasteiger partial charge in [-0.1, -0.05) is 54.6 Å². The Balaban J connectivity index is 1.69. The first-order valence-electron chi connectivity index (χ1n) is 9.41. The molecule has 5 rings (SSSR count). The molecule has 4 heteroatoms. The van der Waals surface area contributed by atoms with Crippen LogP contribution in [-0.2, 0) is 14.3 Å². The van der Waals surface area contributed by atoms with Gasteiger partial charge in [-0.3, -0.25) is 9.69 Å². The Kier molecular flexibility index (Phi) is 3.79. The second kappa shape index (κ2) is 6.34. The average Bonchev–Trinajstić information content (AvgIpc) is 3.08. The molecule has 2 aliphatic rings. The third-order valence-corrected chi connectivity index (χ3v) is 5.58. The molecule has 0 aromatic heterocycles. The van der Waals surface area contributed by atoms with Gasteiger partial charge in [-0.2, -0.15) is 0 Å². The maximum Gasteiger partial charge on any atom is 0.336 e. The molecule has 1 unspecified atom stereocenters. The summed E-state index contributed by atoms with van der Waals surface area (Å²) in [5.74, 6) is -0.622. The van der Waals surface area contributed by atoms with Crippen LogP contribution in [0.25, 0.3) is 10.8 Å². The van der Waals surface area contributed by atoms with Crippen molar-refractivity contribution in [3.05, 3.63) is 89.1 Å². The minimum Gasteiger partial charge on any atom is -0.456 e. The van der Waals surface area contributed by atoms with Gasteiger partial charge in [0, 0.05) is 18.0 Å². The number of rotatable bonds is 2. The number of anilines is 1. The van der Waals surface area contributed by atoms with E-state index >= 15 is 0 Å². The maximum absolute atomic E-state index is 13.2. The number of ether oxygens (including phenoxy) is 1. The minimum absolute atomic E-state index is 0.0133. The Morgan fingerprint density at radius 3 is 2.61 bits per heavy atom. The fourth-order valence-corrected chi connectivity index (χ4v) is 4.34. The summed E-state index contributed by atoms with van der Waals surface area (Å²) in [6, 6.07) is 21.9. The van der Waals surface area contributed by atoms with Crippen molar-refractivity contribution in [3.63, 3.8) is 0 Å². The normalized spacial score (nSPS) is 19.2. The highest BCUT2D eigenvalue weighted by Crippen LogP contribution is 2.43. The molecule has 4 nitrogen and oxygen atoms in total. The van der Waals surface area contributed by atoms with E-state index in [1.54, 1.807) is 4.90 Å². The Labute approximate surface area is 163 Å². The van der Waals surface area contributed by atoms with E-state index in [1.165, 1.54) is 0 Å². The highest BCUT2D eigenvalue weighted by molar-refractivity contribution is 6.07. The molecule has 0 fully saturated rings. The van der Waals surface area contributed by atoms with Gasteiger partial charge in [-0.25, -0.2) is 4.79 Å². The Morgan fingerprint density at radius 2 is 1.75 bits per heavy atom. The van der Waals surface area contributed by atoms with Crippen molar-refractivity contribution >= 4 is 28.3 Å². The number of cyclic esters (lactones) is 1. The zero-order valence-corrected chi connectivity index (χ0v) is 15.5. The Morgan fingerprint density at radius 1 is 0.964 bits per heavy atom. The Bertz CT molecular complexity index is 1160. The lowest BCUT2D eigenvalue weighted by Gasteiger charge is -2.32. The number of amides is 1. The fourth-order valence-electron chi connectivity index (χ4n) is 4.34. The number of carbonyl (C=O) groups excluding carboxylic acids is 2. The summed E-state index contributed by atoms with van der Waals surface area (Å²) in [5.41, 5.74) is 4.13. The SMILES string of the molecule is Cc1cccc(N2C(=O)CC(c3cccc4ccccc34)C3=C2COC3=O)c1. The highest BCUT2D eigenvalue weighted by atomic mass is 16.5. The summed E-state index contributed by atoms with van der Waals surface area (Å²) in [5, 5.41) is 2.17. The number of esters is 1. The van der Waals surface area contributed by atoms with Gasteiger partial charge in [0.1, 0.15) is 6.61 Å². The van der Waals surface area contributed by atoms with E-state index in [0.29, 0.717) is 11.3 Å². The summed E-state index contributed by atoms with van der Waals surface area (Å²) in [4.78, 5) is 27.5. The summed E-state index contributed by atoms with van der Waals surface area (Å²) < 4.78 is 5.39. The van der Waals surface area contributed by atoms with Crippen LogP contribution < -0.4 is 4.90 Å². The van der Waals surface area contributed by atoms with E-state index in [-0.39, 0.29) is 30.8 Å². The first-order valence-corrected chi connectivity index (χ1v) is 9.41. The Hall–Kier alpha value is -3.40. The van der Waals surface area contributed by atoms with Gasteiger partial charge in [-0.05, 0) is 41.0 Å². The number of benzene rings is 3. The zero-order valence-electron chi connectivity index (χ0n) is 15.5. The molecule has 0 aliphatic carbocycles. The molecular formula is C24H19NO3. The molecule has 0 radical (unpaired) electrons. The van der Waals surface area contributed by atoms with Crippen LogP contribution >= 0.6 is 0 Å². The number of aryl methyl sites for hydroxylation is 1. The monoisotopic (exact) mass is 369 g/mol. The third-order valence-electron chi connectivity index (χ3n) is 5.58. The summed E-state index contributed by atoms with van der Waals surface area (Å²) >= 11 is 0. The van der Waals surface area contributed by atoms with E-state index in [4.69, 9.17) is 4.74 Å². The fraction of sp³-hybridized carbons (Fsp3) is 0.167. The molecule has 1 amide bonds. The second-order valence-corrected chi connectivity index (χ2v) is 7.33. The second-order valence-electron chi connectivity index (χ2n) is 7.33. The van der Waals surface area contributed by atoms with Gasteiger partial charge in [0.15, 0.2) is 0 Å². The first kappa shape index (κ1) is 16.8. The number of hydrogen-bond acceptors (Lipinski definition) is 3. The van der Waals surface area contributed by atoms with Crippen molar-refractivity contribution in [2.45, 2.75) is 19.3 Å². The average molecular weight is 369 g/mol. The first-order chi connectivity index (χ1) is 13.6. The van der Waals surface area contributed by atoms with Crippen LogP contribution in [0.3, 0.4) is 0 Å². The summed E-state index contributed by atoms with van der Waals surface area (Å²) in [6.45, 7) is 2.12. The molecule has 0 spiro atoms. The molecular weight excluding hydrogens is 350 g/mol. The lowest BCUT2D eigenvalue weighted by molar-refractivity contribution is -0.136. The van der Waals surface area contributed by atoms with Crippen LogP contribution in [0.4, 0.5) is 5.69 Å². The van der Waals surface area contributed by atoms with Gasteiger partial charge in [-0.15, -0.1) is 0 Å². The third kappa shape index (κ3) is 2.53. The van der Waals surface area contributed by atoms with E-state index in [1.807, 2.05) is 73.7 Å². The van der Waals surface area contributed by atoms with Crippen molar-refractivity contribution in [2.75, 3.05) is 11.5 Å². The molecule has 2 aliphatic heterocycles. The number of carbonyl (C=O) groups is 2. The van der Waals surface area contributed by atoms with Crippen molar-refractivity contribution in [3.8, 4) is 0 Å². The standard InChI is InChI=1S/C24H19NO3/c1-15-6-4-9-17(12-15)25-21-14-28-24(27)23(21)20(13-22(25)26)19-11-5-8-16-7-2-3-10-18(16)19/h2-12,20H,13-14H2,1H3. The van der Waals surface area contributed by atoms with Crippen LogP contribution in [0.15, 0.2) is 78.0 Å². The van der Waals surface area contributed by atoms with Crippen molar-refractivity contribution in [1.82, 2.24) is 0 Å². The number of nitrogens with zero attached hydrogens (tertiary/aromatic N) is 1. The molecule has 28 heavy (non-hydrogen) atoms. The predicted molar refractivity (Wildman–Crippen MR) is 108 cm³/mol. The van der Waals surface area contributed by atoms with Crippen LogP contribution in [0, 0.1) is 6.92 Å². The zero-order chi connectivity index (χ0) is 19.3. The minimum atomic E-state index is -0.321. The van der Waals surface area contributed by atoms with Crippen LogP contribution in [0.2, 0.25) is 0 Å². The summed E-state index contributed by atoms with van der Waals surface area (Å²) in [7, 11) is 0. The van der Waals surface area contributed by atoms with Crippen molar-refractivity contribution < 1.29 is 14.3 Å². The lowest BCUT2D eigenvalue weighted by Crippen LogP contribution is -2.37. The van der Waals surface area contributed by atoms with E-state index in [2.05, 4.69) is 0 Å². The van der Waals surface area contributed by atoms with Gasteiger partial charge in [0.25, 0.3) is 0 Å². The van der Waals surface area contributed by atoms with Crippen LogP contribution in [-0.4, -0.2) is 18.5 Å². The van der Waals surface area contributed by atoms with Gasteiger partial charge < -0.3 is 4.74 Å². The number of hydrogen-bond donors (Lipinski definition) is 0. The van der Waals surface area contributed by atoms with Crippen molar-refractivity contribution in [1.29, 1.82) is 0 Å². The van der Waals surface area contributed by atoms with Crippen LogP contribution in [0.1, 0.15) is 23.5 Å². The molecule has 3 aromatic rings. The van der Waals surface area contributed by atoms with Gasteiger partial charge in [0.05, 0.1) is 11.3 Å². The number of fused-ring (bicyclic) bond motifs is 1. The lowest BCUT2D eigenvalue weighted by atomic mass is 9.82. The molecule has 138 valence electrons.